The molecule has 0 N–H and O–H groups in total. The van der Waals surface area contributed by atoms with Crippen molar-refractivity contribution < 1.29 is 9.47 Å². The summed E-state index contributed by atoms with van der Waals surface area (Å²) in [7, 11) is 1.49. The van der Waals surface area contributed by atoms with Crippen LogP contribution >= 0.6 is 11.6 Å². The quantitative estimate of drug-likeness (QED) is 0.737. The first-order valence-electron chi connectivity index (χ1n) is 4.24. The fourth-order valence-corrected chi connectivity index (χ4v) is 1.33. The second kappa shape index (κ2) is 5.28. The van der Waals surface area contributed by atoms with Gasteiger partial charge in [-0.05, 0) is 6.07 Å². The molecule has 0 aromatic heterocycles. The number of rotatable bonds is 4. The van der Waals surface area contributed by atoms with Crippen molar-refractivity contribution in [3.8, 4) is 17.6 Å². The molecule has 0 spiro atoms. The van der Waals surface area contributed by atoms with Crippen molar-refractivity contribution >= 4 is 11.6 Å². The van der Waals surface area contributed by atoms with Gasteiger partial charge in [-0.15, -0.1) is 0 Å². The highest BCUT2D eigenvalue weighted by Crippen LogP contribution is 2.36. The number of ether oxygens (including phenoxy) is 2. The lowest BCUT2D eigenvalue weighted by molar-refractivity contribution is 0.326. The van der Waals surface area contributed by atoms with E-state index < -0.39 is 0 Å². The number of halogens is 1. The monoisotopic (exact) mass is 223 g/mol. The van der Waals surface area contributed by atoms with Crippen LogP contribution in [0.5, 0.6) is 11.5 Å². The molecule has 0 unspecified atom stereocenters. The summed E-state index contributed by atoms with van der Waals surface area (Å²) in [5, 5.41) is 9.08. The van der Waals surface area contributed by atoms with Crippen molar-refractivity contribution in [2.75, 3.05) is 13.7 Å². The Labute approximate surface area is 93.5 Å². The molecule has 78 valence electrons. The molecular formula is C11H10ClNO2. The van der Waals surface area contributed by atoms with Crippen LogP contribution in [0.3, 0.4) is 0 Å². The van der Waals surface area contributed by atoms with Crippen LogP contribution in [0.4, 0.5) is 0 Å². The zero-order valence-electron chi connectivity index (χ0n) is 8.29. The van der Waals surface area contributed by atoms with E-state index in [0.717, 1.165) is 0 Å². The van der Waals surface area contributed by atoms with Gasteiger partial charge in [0.15, 0.2) is 11.5 Å². The number of benzene rings is 1. The lowest BCUT2D eigenvalue weighted by atomic mass is 10.2. The lowest BCUT2D eigenvalue weighted by Gasteiger charge is -2.11. The molecule has 0 aliphatic heterocycles. The minimum atomic E-state index is 0.335. The summed E-state index contributed by atoms with van der Waals surface area (Å²) in [6.45, 7) is 3.87. The maximum absolute atomic E-state index is 8.73. The Bertz CT molecular complexity index is 410. The predicted octanol–water partition coefficient (Wildman–Crippen LogP) is 2.79. The molecule has 0 bridgehead atoms. The molecule has 4 heteroatoms. The smallest absolute Gasteiger partial charge is 0.180 e. The highest BCUT2D eigenvalue weighted by Gasteiger charge is 2.11. The Hall–Kier alpha value is -1.66. The summed E-state index contributed by atoms with van der Waals surface area (Å²) in [6, 6.07) is 5.09. The highest BCUT2D eigenvalue weighted by atomic mass is 35.5. The van der Waals surface area contributed by atoms with E-state index in [-0.39, 0.29) is 0 Å². The normalized spacial score (nSPS) is 9.13. The van der Waals surface area contributed by atoms with Gasteiger partial charge < -0.3 is 9.47 Å². The van der Waals surface area contributed by atoms with Crippen LogP contribution in [0.25, 0.3) is 0 Å². The molecule has 0 radical (unpaired) electrons. The van der Waals surface area contributed by atoms with Gasteiger partial charge in [-0.1, -0.05) is 24.3 Å². The van der Waals surface area contributed by atoms with Crippen LogP contribution in [0, 0.1) is 11.3 Å². The average molecular weight is 224 g/mol. The molecule has 1 rings (SSSR count). The van der Waals surface area contributed by atoms with E-state index >= 15 is 0 Å². The van der Waals surface area contributed by atoms with Gasteiger partial charge in [-0.25, -0.2) is 0 Å². The minimum absolute atomic E-state index is 0.335. The molecule has 0 amide bonds. The average Bonchev–Trinajstić information content (AvgIpc) is 2.26. The van der Waals surface area contributed by atoms with Crippen LogP contribution in [-0.2, 0) is 0 Å². The van der Waals surface area contributed by atoms with Crippen molar-refractivity contribution in [1.82, 2.24) is 0 Å². The van der Waals surface area contributed by atoms with Gasteiger partial charge in [0.1, 0.15) is 6.61 Å². The molecule has 0 aliphatic rings. The van der Waals surface area contributed by atoms with Gasteiger partial charge in [0.2, 0.25) is 0 Å². The van der Waals surface area contributed by atoms with E-state index in [1.807, 2.05) is 6.07 Å². The van der Waals surface area contributed by atoms with Crippen LogP contribution < -0.4 is 9.47 Å². The number of methoxy groups -OCH3 is 1. The van der Waals surface area contributed by atoms with Gasteiger partial charge in [0.05, 0.1) is 23.8 Å². The summed E-state index contributed by atoms with van der Waals surface area (Å²) in [5.41, 5.74) is 0.433. The van der Waals surface area contributed by atoms with Crippen molar-refractivity contribution in [3.63, 3.8) is 0 Å². The first kappa shape index (κ1) is 11.4. The minimum Gasteiger partial charge on any atom is -0.493 e. The Kier molecular flexibility index (Phi) is 4.02. The number of nitriles is 1. The molecule has 0 aliphatic carbocycles. The van der Waals surface area contributed by atoms with Gasteiger partial charge in [-0.3, -0.25) is 0 Å². The summed E-state index contributed by atoms with van der Waals surface area (Å²) >= 11 is 5.94. The van der Waals surface area contributed by atoms with Crippen molar-refractivity contribution in [2.24, 2.45) is 0 Å². The fraction of sp³-hybridized carbons (Fsp3) is 0.182. The first-order chi connectivity index (χ1) is 7.22. The summed E-state index contributed by atoms with van der Waals surface area (Å²) in [4.78, 5) is 0. The van der Waals surface area contributed by atoms with E-state index in [4.69, 9.17) is 26.3 Å². The largest absolute Gasteiger partial charge is 0.493 e. The molecular weight excluding hydrogens is 214 g/mol. The third-order valence-corrected chi connectivity index (χ3v) is 1.98. The molecule has 0 heterocycles. The Balaban J connectivity index is 3.13. The Morgan fingerprint density at radius 3 is 2.87 bits per heavy atom. The molecule has 15 heavy (non-hydrogen) atoms. The third-order valence-electron chi connectivity index (χ3n) is 1.70. The van der Waals surface area contributed by atoms with E-state index in [9.17, 15) is 0 Å². The van der Waals surface area contributed by atoms with E-state index in [1.165, 1.54) is 13.2 Å². The van der Waals surface area contributed by atoms with Crippen molar-refractivity contribution in [2.45, 2.75) is 0 Å². The summed E-state index contributed by atoms with van der Waals surface area (Å²) in [5.74, 6) is 0.874. The SMILES string of the molecule is C=CCOc1c(Cl)cc(C#N)cc1OC. The number of hydrogen-bond donors (Lipinski definition) is 0. The van der Waals surface area contributed by atoms with Crippen LogP contribution in [0.2, 0.25) is 5.02 Å². The molecule has 3 nitrogen and oxygen atoms in total. The number of hydrogen-bond acceptors (Lipinski definition) is 3. The van der Waals surface area contributed by atoms with Crippen LogP contribution in [0.1, 0.15) is 5.56 Å². The molecule has 0 saturated heterocycles. The zero-order valence-corrected chi connectivity index (χ0v) is 9.04. The maximum Gasteiger partial charge on any atom is 0.180 e. The predicted molar refractivity (Wildman–Crippen MR) is 58.4 cm³/mol. The second-order valence-corrected chi connectivity index (χ2v) is 3.11. The van der Waals surface area contributed by atoms with E-state index in [2.05, 4.69) is 6.58 Å². The summed E-state index contributed by atoms with van der Waals surface area (Å²) < 4.78 is 10.4. The van der Waals surface area contributed by atoms with Gasteiger partial charge in [0, 0.05) is 6.07 Å². The maximum atomic E-state index is 8.73. The molecule has 0 atom stereocenters. The topological polar surface area (TPSA) is 42.2 Å². The van der Waals surface area contributed by atoms with Gasteiger partial charge in [0.25, 0.3) is 0 Å². The first-order valence-corrected chi connectivity index (χ1v) is 4.62. The van der Waals surface area contributed by atoms with Crippen molar-refractivity contribution in [3.05, 3.63) is 35.4 Å². The van der Waals surface area contributed by atoms with Crippen molar-refractivity contribution in [1.29, 1.82) is 5.26 Å². The van der Waals surface area contributed by atoms with Crippen LogP contribution in [-0.4, -0.2) is 13.7 Å². The Morgan fingerprint density at radius 1 is 1.60 bits per heavy atom. The van der Waals surface area contributed by atoms with E-state index in [1.54, 1.807) is 12.1 Å². The van der Waals surface area contributed by atoms with Gasteiger partial charge >= 0.3 is 0 Å². The zero-order chi connectivity index (χ0) is 11.3. The van der Waals surface area contributed by atoms with Gasteiger partial charge in [-0.2, -0.15) is 5.26 Å². The standard InChI is InChI=1S/C11H10ClNO2/c1-3-4-15-11-9(12)5-8(7-13)6-10(11)14-2/h3,5-6H,1,4H2,2H3. The lowest BCUT2D eigenvalue weighted by Crippen LogP contribution is -1.97. The fourth-order valence-electron chi connectivity index (χ4n) is 1.07. The summed E-state index contributed by atoms with van der Waals surface area (Å²) in [6.07, 6.45) is 1.61. The Morgan fingerprint density at radius 2 is 2.33 bits per heavy atom. The molecule has 1 aromatic rings. The van der Waals surface area contributed by atoms with E-state index in [0.29, 0.717) is 28.7 Å². The molecule has 0 saturated carbocycles. The number of nitrogens with zero attached hydrogens (tertiary/aromatic N) is 1. The van der Waals surface area contributed by atoms with Crippen LogP contribution in [0.15, 0.2) is 24.8 Å². The molecule has 0 fully saturated rings. The third kappa shape index (κ3) is 2.64. The molecule has 1 aromatic carbocycles. The highest BCUT2D eigenvalue weighted by molar-refractivity contribution is 6.32. The second-order valence-electron chi connectivity index (χ2n) is 2.70.